The molecule has 0 radical (unpaired) electrons. The Labute approximate surface area is 159 Å². The number of nitrogens with zero attached hydrogens (tertiary/aromatic N) is 1. The highest BCUT2D eigenvalue weighted by atomic mass is 35.5. The van der Waals surface area contributed by atoms with Crippen molar-refractivity contribution >= 4 is 52.6 Å². The van der Waals surface area contributed by atoms with E-state index in [0.717, 1.165) is 4.90 Å². The summed E-state index contributed by atoms with van der Waals surface area (Å²) in [7, 11) is 1.40. The van der Waals surface area contributed by atoms with Crippen molar-refractivity contribution in [1.82, 2.24) is 10.2 Å². The molecule has 140 valence electrons. The van der Waals surface area contributed by atoms with Gasteiger partial charge < -0.3 is 20.3 Å². The van der Waals surface area contributed by atoms with Crippen molar-refractivity contribution in [3.8, 4) is 0 Å². The van der Waals surface area contributed by atoms with E-state index in [1.165, 1.54) is 19.2 Å². The highest BCUT2D eigenvalue weighted by Gasteiger charge is 2.29. The van der Waals surface area contributed by atoms with Gasteiger partial charge in [-0.25, -0.2) is 4.79 Å². The van der Waals surface area contributed by atoms with Crippen molar-refractivity contribution in [1.29, 1.82) is 0 Å². The summed E-state index contributed by atoms with van der Waals surface area (Å²) < 4.78 is 4.88. The average molecular weight is 402 g/mol. The standard InChI is InChI=1S/C16H17Cl2N3O5/c1-21(7-14(23)19-9-2-3-10(17)11(18)6-9)15(24)8-26-16(25)12-4-5-13(22)20-12/h2-3,6,12H,4-5,7-8H2,1H3,(H,19,23)(H,20,22)/t12-/m1/s1. The third-order valence-corrected chi connectivity index (χ3v) is 4.37. The Balaban J connectivity index is 1.76. The second-order valence-corrected chi connectivity index (χ2v) is 6.51. The lowest BCUT2D eigenvalue weighted by Gasteiger charge is -2.17. The molecule has 1 heterocycles. The number of rotatable bonds is 6. The highest BCUT2D eigenvalue weighted by molar-refractivity contribution is 6.42. The van der Waals surface area contributed by atoms with Crippen LogP contribution in [0.3, 0.4) is 0 Å². The van der Waals surface area contributed by atoms with Crippen LogP contribution in [0.2, 0.25) is 10.0 Å². The molecule has 2 N–H and O–H groups in total. The van der Waals surface area contributed by atoms with E-state index in [-0.39, 0.29) is 18.9 Å². The first kappa shape index (κ1) is 20.0. The van der Waals surface area contributed by atoms with E-state index < -0.39 is 30.4 Å². The topological polar surface area (TPSA) is 105 Å². The number of hydrogen-bond acceptors (Lipinski definition) is 5. The van der Waals surface area contributed by atoms with Crippen LogP contribution in [0.4, 0.5) is 5.69 Å². The summed E-state index contributed by atoms with van der Waals surface area (Å²) in [5, 5.41) is 5.68. The van der Waals surface area contributed by atoms with Crippen LogP contribution in [0, 0.1) is 0 Å². The van der Waals surface area contributed by atoms with Gasteiger partial charge in [0.1, 0.15) is 6.04 Å². The Morgan fingerprint density at radius 2 is 2.04 bits per heavy atom. The number of nitrogens with one attached hydrogen (secondary N) is 2. The summed E-state index contributed by atoms with van der Waals surface area (Å²) in [6.45, 7) is -0.751. The molecular formula is C16H17Cl2N3O5. The molecule has 1 saturated heterocycles. The maximum atomic E-state index is 12.0. The minimum absolute atomic E-state index is 0.227. The average Bonchev–Trinajstić information content (AvgIpc) is 3.02. The summed E-state index contributed by atoms with van der Waals surface area (Å²) in [5.74, 6) is -1.90. The molecule has 1 atom stereocenters. The molecule has 0 aliphatic carbocycles. The molecule has 10 heteroatoms. The van der Waals surface area contributed by atoms with Gasteiger partial charge in [0.15, 0.2) is 6.61 Å². The molecule has 1 fully saturated rings. The minimum Gasteiger partial charge on any atom is -0.454 e. The number of carbonyl (C=O) groups is 4. The first-order chi connectivity index (χ1) is 12.3. The SMILES string of the molecule is CN(CC(=O)Nc1ccc(Cl)c(Cl)c1)C(=O)COC(=O)[C@H]1CCC(=O)N1. The van der Waals surface area contributed by atoms with Crippen LogP contribution in [0.25, 0.3) is 0 Å². The van der Waals surface area contributed by atoms with Gasteiger partial charge in [-0.05, 0) is 24.6 Å². The summed E-state index contributed by atoms with van der Waals surface area (Å²) in [6, 6.07) is 3.88. The number of amides is 3. The number of halogens is 2. The Morgan fingerprint density at radius 3 is 2.65 bits per heavy atom. The van der Waals surface area contributed by atoms with Crippen LogP contribution < -0.4 is 10.6 Å². The molecule has 1 aromatic rings. The van der Waals surface area contributed by atoms with Gasteiger partial charge in [0.05, 0.1) is 16.6 Å². The normalized spacial score (nSPS) is 16.0. The first-order valence-corrected chi connectivity index (χ1v) is 8.46. The van der Waals surface area contributed by atoms with Crippen molar-refractivity contribution in [2.75, 3.05) is 25.5 Å². The number of hydrogen-bond donors (Lipinski definition) is 2. The minimum atomic E-state index is -0.724. The van der Waals surface area contributed by atoms with Crippen LogP contribution in [0.1, 0.15) is 12.8 Å². The fourth-order valence-corrected chi connectivity index (χ4v) is 2.51. The zero-order chi connectivity index (χ0) is 19.3. The molecule has 0 saturated carbocycles. The molecule has 26 heavy (non-hydrogen) atoms. The zero-order valence-corrected chi connectivity index (χ0v) is 15.4. The monoisotopic (exact) mass is 401 g/mol. The van der Waals surface area contributed by atoms with Gasteiger partial charge >= 0.3 is 5.97 Å². The molecule has 1 aromatic carbocycles. The van der Waals surface area contributed by atoms with Gasteiger partial charge in [0, 0.05) is 19.2 Å². The van der Waals surface area contributed by atoms with E-state index in [1.54, 1.807) is 6.07 Å². The number of ether oxygens (including phenoxy) is 1. The summed E-state index contributed by atoms with van der Waals surface area (Å²) in [6.07, 6.45) is 0.594. The molecule has 0 unspecified atom stereocenters. The molecule has 1 aliphatic heterocycles. The van der Waals surface area contributed by atoms with Crippen LogP contribution in [-0.2, 0) is 23.9 Å². The predicted molar refractivity (Wildman–Crippen MR) is 94.9 cm³/mol. The third-order valence-electron chi connectivity index (χ3n) is 3.63. The molecular weight excluding hydrogens is 385 g/mol. The molecule has 0 bridgehead atoms. The Hall–Kier alpha value is -2.32. The van der Waals surface area contributed by atoms with Gasteiger partial charge in [-0.1, -0.05) is 23.2 Å². The lowest BCUT2D eigenvalue weighted by molar-refractivity contribution is -0.153. The maximum absolute atomic E-state index is 12.0. The van der Waals surface area contributed by atoms with Crippen molar-refractivity contribution < 1.29 is 23.9 Å². The van der Waals surface area contributed by atoms with Gasteiger partial charge in [0.2, 0.25) is 11.8 Å². The highest BCUT2D eigenvalue weighted by Crippen LogP contribution is 2.24. The van der Waals surface area contributed by atoms with Gasteiger partial charge in [-0.2, -0.15) is 0 Å². The lowest BCUT2D eigenvalue weighted by atomic mass is 10.2. The van der Waals surface area contributed by atoms with Crippen molar-refractivity contribution in [3.05, 3.63) is 28.2 Å². The fourth-order valence-electron chi connectivity index (χ4n) is 2.21. The van der Waals surface area contributed by atoms with Gasteiger partial charge in [-0.3, -0.25) is 14.4 Å². The van der Waals surface area contributed by atoms with E-state index in [1.807, 2.05) is 0 Å². The third kappa shape index (κ3) is 5.60. The maximum Gasteiger partial charge on any atom is 0.329 e. The molecule has 3 amide bonds. The number of carbonyl (C=O) groups excluding carboxylic acids is 4. The molecule has 0 aromatic heterocycles. The second kappa shape index (κ2) is 8.86. The zero-order valence-electron chi connectivity index (χ0n) is 13.9. The molecule has 8 nitrogen and oxygen atoms in total. The molecule has 0 spiro atoms. The number of anilines is 1. The predicted octanol–water partition coefficient (Wildman–Crippen LogP) is 1.21. The van der Waals surface area contributed by atoms with Gasteiger partial charge in [0.25, 0.3) is 5.91 Å². The largest absolute Gasteiger partial charge is 0.454 e. The van der Waals surface area contributed by atoms with E-state index >= 15 is 0 Å². The Kier molecular flexibility index (Phi) is 6.82. The summed E-state index contributed by atoms with van der Waals surface area (Å²) in [4.78, 5) is 47.8. The smallest absolute Gasteiger partial charge is 0.329 e. The summed E-state index contributed by atoms with van der Waals surface area (Å²) >= 11 is 11.7. The van der Waals surface area contributed by atoms with E-state index in [9.17, 15) is 19.2 Å². The van der Waals surface area contributed by atoms with E-state index in [0.29, 0.717) is 22.2 Å². The Bertz CT molecular complexity index is 741. The lowest BCUT2D eigenvalue weighted by Crippen LogP contribution is -2.40. The fraction of sp³-hybridized carbons (Fsp3) is 0.375. The van der Waals surface area contributed by atoms with E-state index in [2.05, 4.69) is 10.6 Å². The van der Waals surface area contributed by atoms with Crippen LogP contribution in [0.5, 0.6) is 0 Å². The number of likely N-dealkylation sites (N-methyl/N-ethyl adjacent to an activating group) is 1. The first-order valence-electron chi connectivity index (χ1n) is 7.71. The second-order valence-electron chi connectivity index (χ2n) is 5.69. The van der Waals surface area contributed by atoms with Crippen molar-refractivity contribution in [2.45, 2.75) is 18.9 Å². The summed E-state index contributed by atoms with van der Waals surface area (Å²) in [5.41, 5.74) is 0.439. The number of benzene rings is 1. The van der Waals surface area contributed by atoms with Crippen molar-refractivity contribution in [3.63, 3.8) is 0 Å². The molecule has 1 aliphatic rings. The van der Waals surface area contributed by atoms with Crippen LogP contribution in [-0.4, -0.2) is 54.8 Å². The molecule has 2 rings (SSSR count). The van der Waals surface area contributed by atoms with E-state index in [4.69, 9.17) is 27.9 Å². The van der Waals surface area contributed by atoms with Crippen LogP contribution >= 0.6 is 23.2 Å². The van der Waals surface area contributed by atoms with Crippen LogP contribution in [0.15, 0.2) is 18.2 Å². The quantitative estimate of drug-likeness (QED) is 0.697. The number of esters is 1. The Morgan fingerprint density at radius 1 is 1.31 bits per heavy atom. The van der Waals surface area contributed by atoms with Crippen molar-refractivity contribution in [2.24, 2.45) is 0 Å². The van der Waals surface area contributed by atoms with Gasteiger partial charge in [-0.15, -0.1) is 0 Å².